The van der Waals surface area contributed by atoms with Gasteiger partial charge in [0.2, 0.25) is 5.95 Å². The monoisotopic (exact) mass is 325 g/mol. The van der Waals surface area contributed by atoms with E-state index in [4.69, 9.17) is 11.0 Å². The number of hydrogen-bond donors (Lipinski definition) is 3. The molecular weight excluding hydrogens is 302 g/mol. The van der Waals surface area contributed by atoms with Crippen molar-refractivity contribution in [3.05, 3.63) is 18.0 Å². The Kier molecular flexibility index (Phi) is 4.76. The minimum Gasteiger partial charge on any atom is -0.366 e. The Labute approximate surface area is 141 Å². The molecule has 0 aliphatic heterocycles. The maximum absolute atomic E-state index is 9.13. The molecule has 0 saturated heterocycles. The molecule has 7 nitrogen and oxygen atoms in total. The predicted octanol–water partition coefficient (Wildman–Crippen LogP) is 2.26. The normalized spacial score (nSPS) is 20.3. The molecular formula is C17H23N7. The first-order valence-corrected chi connectivity index (χ1v) is 8.39. The highest BCUT2D eigenvalue weighted by Gasteiger charge is 2.21. The summed E-state index contributed by atoms with van der Waals surface area (Å²) >= 11 is 0. The fraction of sp³-hybridized carbons (Fsp3) is 0.529. The van der Waals surface area contributed by atoms with Crippen LogP contribution < -0.4 is 16.4 Å². The van der Waals surface area contributed by atoms with E-state index in [2.05, 4.69) is 31.7 Å². The molecule has 2 atom stereocenters. The zero-order chi connectivity index (χ0) is 17.1. The highest BCUT2D eigenvalue weighted by molar-refractivity contribution is 5.89. The minimum atomic E-state index is 0.195. The van der Waals surface area contributed by atoms with Gasteiger partial charge in [0, 0.05) is 30.2 Å². The second-order valence-corrected chi connectivity index (χ2v) is 6.72. The standard InChI is InChI=1S/C17H23N7/c1-10(2)22-16-15-12(6-14(7-18)23-16)9-21-17(24-15)20-8-11-3-4-13(19)5-11/h6,9-11,13H,3-5,8,19H2,1-2H3,(H,22,23)(H,20,21,24)/t11?,13-/m1/s1. The molecule has 0 spiro atoms. The third-order valence-corrected chi connectivity index (χ3v) is 4.24. The van der Waals surface area contributed by atoms with Gasteiger partial charge in [0.25, 0.3) is 0 Å². The lowest BCUT2D eigenvalue weighted by Gasteiger charge is -2.14. The van der Waals surface area contributed by atoms with Gasteiger partial charge in [-0.2, -0.15) is 5.26 Å². The summed E-state index contributed by atoms with van der Waals surface area (Å²) in [5.41, 5.74) is 7.04. The molecule has 0 radical (unpaired) electrons. The second-order valence-electron chi connectivity index (χ2n) is 6.72. The summed E-state index contributed by atoms with van der Waals surface area (Å²) in [6.45, 7) is 4.88. The minimum absolute atomic E-state index is 0.195. The zero-order valence-corrected chi connectivity index (χ0v) is 14.1. The van der Waals surface area contributed by atoms with Crippen molar-refractivity contribution in [3.63, 3.8) is 0 Å². The van der Waals surface area contributed by atoms with Crippen molar-refractivity contribution >= 4 is 22.7 Å². The number of fused-ring (bicyclic) bond motifs is 1. The van der Waals surface area contributed by atoms with E-state index < -0.39 is 0 Å². The van der Waals surface area contributed by atoms with E-state index in [1.807, 2.05) is 13.8 Å². The van der Waals surface area contributed by atoms with Gasteiger partial charge in [-0.15, -0.1) is 0 Å². The third kappa shape index (κ3) is 3.71. The molecule has 24 heavy (non-hydrogen) atoms. The summed E-state index contributed by atoms with van der Waals surface area (Å²) in [6, 6.07) is 4.31. The van der Waals surface area contributed by atoms with Crippen LogP contribution in [0.25, 0.3) is 10.9 Å². The quantitative estimate of drug-likeness (QED) is 0.772. The molecule has 7 heteroatoms. The van der Waals surface area contributed by atoms with Crippen molar-refractivity contribution in [2.24, 2.45) is 11.7 Å². The molecule has 1 aliphatic rings. The smallest absolute Gasteiger partial charge is 0.223 e. The number of nitriles is 1. The van der Waals surface area contributed by atoms with Gasteiger partial charge in [-0.25, -0.2) is 15.0 Å². The highest BCUT2D eigenvalue weighted by atomic mass is 15.1. The van der Waals surface area contributed by atoms with E-state index in [1.54, 1.807) is 12.3 Å². The van der Waals surface area contributed by atoms with Gasteiger partial charge in [-0.1, -0.05) is 0 Å². The largest absolute Gasteiger partial charge is 0.366 e. The Bertz CT molecular complexity index is 765. The SMILES string of the molecule is CC(C)Nc1nc(C#N)cc2cnc(NCC3CC[C@@H](N)C3)nc12. The van der Waals surface area contributed by atoms with Gasteiger partial charge in [0.15, 0.2) is 5.82 Å². The van der Waals surface area contributed by atoms with Crippen LogP contribution in [0, 0.1) is 17.2 Å². The first kappa shape index (κ1) is 16.4. The number of anilines is 2. The van der Waals surface area contributed by atoms with Crippen molar-refractivity contribution in [2.45, 2.75) is 45.2 Å². The predicted molar refractivity (Wildman–Crippen MR) is 94.6 cm³/mol. The van der Waals surface area contributed by atoms with Crippen LogP contribution in [0.3, 0.4) is 0 Å². The summed E-state index contributed by atoms with van der Waals surface area (Å²) < 4.78 is 0. The number of nitrogens with two attached hydrogens (primary N) is 1. The van der Waals surface area contributed by atoms with Crippen LogP contribution in [0.2, 0.25) is 0 Å². The fourth-order valence-electron chi connectivity index (χ4n) is 3.09. The zero-order valence-electron chi connectivity index (χ0n) is 14.1. The van der Waals surface area contributed by atoms with E-state index in [-0.39, 0.29) is 6.04 Å². The van der Waals surface area contributed by atoms with Crippen LogP contribution in [0.5, 0.6) is 0 Å². The first-order chi connectivity index (χ1) is 11.5. The topological polar surface area (TPSA) is 113 Å². The third-order valence-electron chi connectivity index (χ3n) is 4.24. The lowest BCUT2D eigenvalue weighted by molar-refractivity contribution is 0.564. The molecule has 0 aromatic carbocycles. The lowest BCUT2D eigenvalue weighted by atomic mass is 10.1. The maximum atomic E-state index is 9.13. The van der Waals surface area contributed by atoms with E-state index in [0.29, 0.717) is 29.4 Å². The van der Waals surface area contributed by atoms with Crippen LogP contribution in [0.15, 0.2) is 12.3 Å². The number of rotatable bonds is 5. The van der Waals surface area contributed by atoms with Crippen LogP contribution in [-0.4, -0.2) is 33.6 Å². The van der Waals surface area contributed by atoms with Crippen LogP contribution in [0.4, 0.5) is 11.8 Å². The number of pyridine rings is 1. The summed E-state index contributed by atoms with van der Waals surface area (Å²) in [6.07, 6.45) is 5.02. The Morgan fingerprint density at radius 3 is 2.88 bits per heavy atom. The van der Waals surface area contributed by atoms with E-state index in [9.17, 15) is 0 Å². The van der Waals surface area contributed by atoms with Gasteiger partial charge in [-0.05, 0) is 45.1 Å². The van der Waals surface area contributed by atoms with E-state index in [0.717, 1.165) is 36.7 Å². The molecule has 2 aromatic heterocycles. The molecule has 2 aromatic rings. The molecule has 1 aliphatic carbocycles. The Morgan fingerprint density at radius 1 is 1.38 bits per heavy atom. The Morgan fingerprint density at radius 2 is 2.21 bits per heavy atom. The molecule has 126 valence electrons. The number of nitrogens with one attached hydrogen (secondary N) is 2. The van der Waals surface area contributed by atoms with Crippen LogP contribution >= 0.6 is 0 Å². The van der Waals surface area contributed by atoms with Gasteiger partial charge >= 0.3 is 0 Å². The maximum Gasteiger partial charge on any atom is 0.223 e. The molecule has 1 fully saturated rings. The van der Waals surface area contributed by atoms with Crippen molar-refractivity contribution < 1.29 is 0 Å². The summed E-state index contributed by atoms with van der Waals surface area (Å²) in [5.74, 6) is 1.78. The van der Waals surface area contributed by atoms with Gasteiger partial charge in [0.1, 0.15) is 17.3 Å². The van der Waals surface area contributed by atoms with E-state index >= 15 is 0 Å². The average molecular weight is 325 g/mol. The number of hydrogen-bond acceptors (Lipinski definition) is 7. The molecule has 1 unspecified atom stereocenters. The average Bonchev–Trinajstić information content (AvgIpc) is 2.97. The summed E-state index contributed by atoms with van der Waals surface area (Å²) in [4.78, 5) is 13.3. The van der Waals surface area contributed by atoms with Gasteiger partial charge in [-0.3, -0.25) is 0 Å². The van der Waals surface area contributed by atoms with Crippen LogP contribution in [-0.2, 0) is 0 Å². The van der Waals surface area contributed by atoms with E-state index in [1.165, 1.54) is 0 Å². The second kappa shape index (κ2) is 6.97. The molecule has 1 saturated carbocycles. The number of nitrogens with zero attached hydrogens (tertiary/aromatic N) is 4. The molecule has 3 rings (SSSR count). The van der Waals surface area contributed by atoms with Crippen LogP contribution in [0.1, 0.15) is 38.8 Å². The van der Waals surface area contributed by atoms with Gasteiger partial charge in [0.05, 0.1) is 0 Å². The molecule has 0 amide bonds. The van der Waals surface area contributed by atoms with Crippen molar-refractivity contribution in [1.29, 1.82) is 5.26 Å². The number of aromatic nitrogens is 3. The first-order valence-electron chi connectivity index (χ1n) is 8.39. The lowest BCUT2D eigenvalue weighted by Crippen LogP contribution is -2.18. The molecule has 4 N–H and O–H groups in total. The fourth-order valence-corrected chi connectivity index (χ4v) is 3.09. The van der Waals surface area contributed by atoms with Crippen molar-refractivity contribution in [2.75, 3.05) is 17.2 Å². The summed E-state index contributed by atoms with van der Waals surface area (Å²) in [7, 11) is 0. The van der Waals surface area contributed by atoms with Gasteiger partial charge < -0.3 is 16.4 Å². The molecule has 0 bridgehead atoms. The molecule has 2 heterocycles. The Balaban J connectivity index is 1.84. The summed E-state index contributed by atoms with van der Waals surface area (Å²) in [5, 5.41) is 16.5. The van der Waals surface area contributed by atoms with Crippen molar-refractivity contribution in [3.8, 4) is 6.07 Å². The Hall–Kier alpha value is -2.46. The van der Waals surface area contributed by atoms with Crippen molar-refractivity contribution in [1.82, 2.24) is 15.0 Å². The highest BCUT2D eigenvalue weighted by Crippen LogP contribution is 2.25.